The zero-order valence-corrected chi connectivity index (χ0v) is 16.6. The highest BCUT2D eigenvalue weighted by atomic mass is 16.5. The van der Waals surface area contributed by atoms with E-state index < -0.39 is 11.9 Å². The molecule has 0 spiro atoms. The largest absolute Gasteiger partial charge is 0.496 e. The Morgan fingerprint density at radius 1 is 1.22 bits per heavy atom. The minimum absolute atomic E-state index is 0.228. The van der Waals surface area contributed by atoms with Gasteiger partial charge in [-0.25, -0.2) is 0 Å². The van der Waals surface area contributed by atoms with Crippen LogP contribution < -0.4 is 21.1 Å². The van der Waals surface area contributed by atoms with Crippen LogP contribution in [0.25, 0.3) is 0 Å². The molecule has 0 unspecified atom stereocenters. The molecule has 4 N–H and O–H groups in total. The van der Waals surface area contributed by atoms with E-state index in [0.29, 0.717) is 5.92 Å². The van der Waals surface area contributed by atoms with Crippen molar-refractivity contribution in [2.45, 2.75) is 58.4 Å². The van der Waals surface area contributed by atoms with Crippen LogP contribution in [-0.2, 0) is 9.59 Å². The van der Waals surface area contributed by atoms with Crippen LogP contribution >= 0.6 is 0 Å². The average molecular weight is 375 g/mol. The summed E-state index contributed by atoms with van der Waals surface area (Å²) in [6.07, 6.45) is 8.57. The summed E-state index contributed by atoms with van der Waals surface area (Å²) < 4.78 is 5.36. The number of anilines is 1. The lowest BCUT2D eigenvalue weighted by Gasteiger charge is -2.22. The van der Waals surface area contributed by atoms with Gasteiger partial charge in [0.05, 0.1) is 7.11 Å². The molecule has 2 amide bonds. The molecule has 1 aromatic rings. The first kappa shape index (κ1) is 21.1. The van der Waals surface area contributed by atoms with Gasteiger partial charge in [0, 0.05) is 18.7 Å². The van der Waals surface area contributed by atoms with E-state index in [-0.39, 0.29) is 12.5 Å². The second kappa shape index (κ2) is 10.2. The Morgan fingerprint density at radius 3 is 2.41 bits per heavy atom. The Balaban J connectivity index is 1.86. The molecule has 1 atom stereocenters. The highest BCUT2D eigenvalue weighted by molar-refractivity contribution is 5.91. The highest BCUT2D eigenvalue weighted by Crippen LogP contribution is 2.27. The summed E-state index contributed by atoms with van der Waals surface area (Å²) in [6.45, 7) is 4.17. The number of primary amides is 1. The number of hydrogen-bond acceptors (Lipinski definition) is 4. The molecular formula is C21H32N3O3. The number of nitrogens with two attached hydrogens (primary N) is 1. The molecule has 1 fully saturated rings. The SMILES string of the molecule is COc1c(C)cc(NC[C@H](NC(=O)[CH]CC2CCCCC2)C(N)=O)cc1C. The Hall–Kier alpha value is -2.24. The molecule has 1 aromatic carbocycles. The molecule has 149 valence electrons. The van der Waals surface area contributed by atoms with Crippen LogP contribution in [0.2, 0.25) is 0 Å². The third kappa shape index (κ3) is 6.45. The van der Waals surface area contributed by atoms with Crippen molar-refractivity contribution in [3.8, 4) is 5.75 Å². The van der Waals surface area contributed by atoms with Crippen LogP contribution in [0.5, 0.6) is 5.75 Å². The molecule has 2 rings (SSSR count). The van der Waals surface area contributed by atoms with Crippen LogP contribution in [0.15, 0.2) is 12.1 Å². The van der Waals surface area contributed by atoms with Gasteiger partial charge < -0.3 is 21.1 Å². The minimum Gasteiger partial charge on any atom is -0.496 e. The molecule has 1 saturated carbocycles. The van der Waals surface area contributed by atoms with Gasteiger partial charge >= 0.3 is 0 Å². The maximum absolute atomic E-state index is 12.2. The fraction of sp³-hybridized carbons (Fsp3) is 0.571. The van der Waals surface area contributed by atoms with Gasteiger partial charge in [-0.2, -0.15) is 0 Å². The number of ether oxygens (including phenoxy) is 1. The average Bonchev–Trinajstić information content (AvgIpc) is 2.64. The van der Waals surface area contributed by atoms with E-state index in [0.717, 1.165) is 29.0 Å². The van der Waals surface area contributed by atoms with Gasteiger partial charge in [-0.15, -0.1) is 0 Å². The number of rotatable bonds is 9. The first-order valence-electron chi connectivity index (χ1n) is 9.72. The first-order chi connectivity index (χ1) is 12.9. The molecule has 0 saturated heterocycles. The van der Waals surface area contributed by atoms with Crippen molar-refractivity contribution in [3.05, 3.63) is 29.7 Å². The van der Waals surface area contributed by atoms with Crippen LogP contribution in [0.4, 0.5) is 5.69 Å². The number of nitrogens with one attached hydrogen (secondary N) is 2. The van der Waals surface area contributed by atoms with Gasteiger partial charge in [0.1, 0.15) is 11.8 Å². The molecule has 1 aliphatic carbocycles. The maximum Gasteiger partial charge on any atom is 0.241 e. The number of carbonyl (C=O) groups excluding carboxylic acids is 2. The van der Waals surface area contributed by atoms with Crippen molar-refractivity contribution >= 4 is 17.5 Å². The smallest absolute Gasteiger partial charge is 0.241 e. The molecule has 0 aliphatic heterocycles. The Morgan fingerprint density at radius 2 is 1.85 bits per heavy atom. The second-order valence-corrected chi connectivity index (χ2v) is 7.43. The fourth-order valence-electron chi connectivity index (χ4n) is 3.74. The van der Waals surface area contributed by atoms with Crippen molar-refractivity contribution in [1.82, 2.24) is 5.32 Å². The van der Waals surface area contributed by atoms with Gasteiger partial charge in [-0.05, 0) is 49.4 Å². The Bertz CT molecular complexity index is 631. The summed E-state index contributed by atoms with van der Waals surface area (Å²) >= 11 is 0. The first-order valence-corrected chi connectivity index (χ1v) is 9.72. The summed E-state index contributed by atoms with van der Waals surface area (Å²) in [5.41, 5.74) is 8.33. The predicted molar refractivity (Wildman–Crippen MR) is 108 cm³/mol. The Labute approximate surface area is 162 Å². The lowest BCUT2D eigenvalue weighted by atomic mass is 9.86. The molecular weight excluding hydrogens is 342 g/mol. The number of hydrogen-bond donors (Lipinski definition) is 3. The van der Waals surface area contributed by atoms with E-state index in [1.807, 2.05) is 26.0 Å². The monoisotopic (exact) mass is 374 g/mol. The summed E-state index contributed by atoms with van der Waals surface area (Å²) in [5.74, 6) is 0.648. The lowest BCUT2D eigenvalue weighted by Crippen LogP contribution is -2.48. The van der Waals surface area contributed by atoms with Gasteiger partial charge in [0.25, 0.3) is 0 Å². The van der Waals surface area contributed by atoms with Crippen molar-refractivity contribution in [2.75, 3.05) is 19.0 Å². The number of benzene rings is 1. The fourth-order valence-corrected chi connectivity index (χ4v) is 3.74. The van der Waals surface area contributed by atoms with Crippen molar-refractivity contribution in [1.29, 1.82) is 0 Å². The third-order valence-corrected chi connectivity index (χ3v) is 5.20. The van der Waals surface area contributed by atoms with E-state index in [1.165, 1.54) is 32.1 Å². The van der Waals surface area contributed by atoms with Gasteiger partial charge in [0.15, 0.2) is 0 Å². The predicted octanol–water partition coefficient (Wildman–Crippen LogP) is 2.87. The molecule has 27 heavy (non-hydrogen) atoms. The molecule has 6 heteroatoms. The molecule has 0 aromatic heterocycles. The zero-order valence-electron chi connectivity index (χ0n) is 16.6. The molecule has 0 bridgehead atoms. The second-order valence-electron chi connectivity index (χ2n) is 7.43. The van der Waals surface area contributed by atoms with Crippen LogP contribution in [0.3, 0.4) is 0 Å². The normalized spacial score (nSPS) is 15.8. The maximum atomic E-state index is 12.2. The number of amides is 2. The minimum atomic E-state index is -0.761. The van der Waals surface area contributed by atoms with E-state index in [4.69, 9.17) is 10.5 Å². The summed E-state index contributed by atoms with van der Waals surface area (Å²) in [6, 6.07) is 3.13. The molecule has 1 aliphatic rings. The van der Waals surface area contributed by atoms with Crippen LogP contribution in [-0.4, -0.2) is 31.5 Å². The van der Waals surface area contributed by atoms with Gasteiger partial charge in [-0.1, -0.05) is 32.1 Å². The van der Waals surface area contributed by atoms with Crippen molar-refractivity contribution in [2.24, 2.45) is 11.7 Å². The lowest BCUT2D eigenvalue weighted by molar-refractivity contribution is -0.125. The van der Waals surface area contributed by atoms with Crippen molar-refractivity contribution in [3.63, 3.8) is 0 Å². The third-order valence-electron chi connectivity index (χ3n) is 5.20. The number of methoxy groups -OCH3 is 1. The highest BCUT2D eigenvalue weighted by Gasteiger charge is 2.20. The quantitative estimate of drug-likeness (QED) is 0.619. The van der Waals surface area contributed by atoms with Crippen molar-refractivity contribution < 1.29 is 14.3 Å². The van der Waals surface area contributed by atoms with Crippen LogP contribution in [0, 0.1) is 26.2 Å². The summed E-state index contributed by atoms with van der Waals surface area (Å²) in [7, 11) is 1.64. The van der Waals surface area contributed by atoms with Gasteiger partial charge in [-0.3, -0.25) is 9.59 Å². The molecule has 0 heterocycles. The van der Waals surface area contributed by atoms with E-state index in [1.54, 1.807) is 13.5 Å². The van der Waals surface area contributed by atoms with E-state index in [2.05, 4.69) is 10.6 Å². The molecule has 6 nitrogen and oxygen atoms in total. The topological polar surface area (TPSA) is 93.4 Å². The Kier molecular flexibility index (Phi) is 7.95. The van der Waals surface area contributed by atoms with E-state index in [9.17, 15) is 9.59 Å². The zero-order chi connectivity index (χ0) is 19.8. The number of aryl methyl sites for hydroxylation is 2. The van der Waals surface area contributed by atoms with E-state index >= 15 is 0 Å². The standard InChI is InChI=1S/C21H32N3O3/c1-14-11-17(12-15(2)20(14)27-3)23-13-18(21(22)26)24-19(25)10-9-16-7-5-4-6-8-16/h10-12,16,18,23H,4-9,13H2,1-3H3,(H2,22,26)(H,24,25)/t18-/m0/s1. The summed E-state index contributed by atoms with van der Waals surface area (Å²) in [4.78, 5) is 23.9. The number of carbonyl (C=O) groups is 2. The molecule has 1 radical (unpaired) electrons. The van der Waals surface area contributed by atoms with Crippen LogP contribution in [0.1, 0.15) is 49.7 Å². The van der Waals surface area contributed by atoms with Gasteiger partial charge in [0.2, 0.25) is 11.8 Å². The summed E-state index contributed by atoms with van der Waals surface area (Å²) in [5, 5.41) is 5.91.